The second-order valence-electron chi connectivity index (χ2n) is 3.03. The number of carbonyl (C=O) groups is 1. The summed E-state index contributed by atoms with van der Waals surface area (Å²) in [6.45, 7) is 0. The minimum atomic E-state index is -1.23. The molecule has 0 saturated heterocycles. The molecule has 0 aliphatic heterocycles. The summed E-state index contributed by atoms with van der Waals surface area (Å²) in [7, 11) is 0. The molecule has 0 atom stereocenters. The Balaban J connectivity index is 2.59. The summed E-state index contributed by atoms with van der Waals surface area (Å²) in [6, 6.07) is 4.06. The second kappa shape index (κ2) is 3.73. The first kappa shape index (κ1) is 10.3. The van der Waals surface area contributed by atoms with E-state index in [1.807, 2.05) is 0 Å². The molecule has 16 heavy (non-hydrogen) atoms. The standard InChI is InChI=1S/C10H6F2N2O2/c11-6-1-2-8(7(12)5-6)14-9(10(15)16)3-4-13-14/h1-5H,(H,15,16). The molecule has 0 saturated carbocycles. The van der Waals surface area contributed by atoms with Gasteiger partial charge in [-0.3, -0.25) is 0 Å². The van der Waals surface area contributed by atoms with Gasteiger partial charge in [0.25, 0.3) is 0 Å². The third-order valence-corrected chi connectivity index (χ3v) is 2.00. The summed E-state index contributed by atoms with van der Waals surface area (Å²) < 4.78 is 26.9. The van der Waals surface area contributed by atoms with Crippen LogP contribution in [0.2, 0.25) is 0 Å². The van der Waals surface area contributed by atoms with Crippen molar-refractivity contribution in [2.24, 2.45) is 0 Å². The van der Waals surface area contributed by atoms with E-state index >= 15 is 0 Å². The van der Waals surface area contributed by atoms with Gasteiger partial charge >= 0.3 is 5.97 Å². The zero-order valence-electron chi connectivity index (χ0n) is 7.89. The van der Waals surface area contributed by atoms with Gasteiger partial charge in [-0.15, -0.1) is 0 Å². The molecule has 1 heterocycles. The molecule has 1 N–H and O–H groups in total. The van der Waals surface area contributed by atoms with Crippen LogP contribution in [0, 0.1) is 11.6 Å². The number of halogens is 2. The average Bonchev–Trinajstić information content (AvgIpc) is 2.66. The average molecular weight is 224 g/mol. The highest BCUT2D eigenvalue weighted by molar-refractivity contribution is 5.86. The van der Waals surface area contributed by atoms with Gasteiger partial charge in [-0.2, -0.15) is 5.10 Å². The summed E-state index contributed by atoms with van der Waals surface area (Å²) in [5.74, 6) is -2.84. The summed E-state index contributed by atoms with van der Waals surface area (Å²) in [5, 5.41) is 12.5. The van der Waals surface area contributed by atoms with Gasteiger partial charge in [-0.25, -0.2) is 18.3 Å². The van der Waals surface area contributed by atoms with Crippen LogP contribution >= 0.6 is 0 Å². The number of carboxylic acid groups (broad SMARTS) is 1. The van der Waals surface area contributed by atoms with Crippen molar-refractivity contribution in [3.63, 3.8) is 0 Å². The van der Waals surface area contributed by atoms with Gasteiger partial charge in [0.15, 0.2) is 11.5 Å². The quantitative estimate of drug-likeness (QED) is 0.846. The molecule has 2 aromatic rings. The van der Waals surface area contributed by atoms with Crippen LogP contribution in [0.5, 0.6) is 0 Å². The molecule has 0 fully saturated rings. The summed E-state index contributed by atoms with van der Waals surface area (Å²) in [4.78, 5) is 10.8. The largest absolute Gasteiger partial charge is 0.477 e. The maximum Gasteiger partial charge on any atom is 0.354 e. The molecule has 0 aliphatic rings. The van der Waals surface area contributed by atoms with Gasteiger partial charge < -0.3 is 5.11 Å². The molecule has 0 bridgehead atoms. The van der Waals surface area contributed by atoms with Crippen molar-refractivity contribution < 1.29 is 18.7 Å². The Bertz CT molecular complexity index is 552. The third-order valence-electron chi connectivity index (χ3n) is 2.00. The number of carboxylic acids is 1. The Morgan fingerprint density at radius 3 is 2.69 bits per heavy atom. The van der Waals surface area contributed by atoms with Crippen molar-refractivity contribution in [1.82, 2.24) is 9.78 Å². The number of nitrogens with zero attached hydrogens (tertiary/aromatic N) is 2. The molecule has 4 nitrogen and oxygen atoms in total. The minimum Gasteiger partial charge on any atom is -0.477 e. The molecule has 2 rings (SSSR count). The highest BCUT2D eigenvalue weighted by atomic mass is 19.1. The Morgan fingerprint density at radius 2 is 2.06 bits per heavy atom. The molecule has 0 unspecified atom stereocenters. The number of rotatable bonds is 2. The number of hydrogen-bond donors (Lipinski definition) is 1. The van der Waals surface area contributed by atoms with Crippen molar-refractivity contribution in [1.29, 1.82) is 0 Å². The van der Waals surface area contributed by atoms with Crippen molar-refractivity contribution in [3.8, 4) is 5.69 Å². The van der Waals surface area contributed by atoms with E-state index in [0.717, 1.165) is 16.8 Å². The number of benzene rings is 1. The van der Waals surface area contributed by atoms with Gasteiger partial charge in [0.05, 0.1) is 6.20 Å². The lowest BCUT2D eigenvalue weighted by molar-refractivity contribution is 0.0687. The lowest BCUT2D eigenvalue weighted by atomic mass is 10.3. The van der Waals surface area contributed by atoms with E-state index in [-0.39, 0.29) is 11.4 Å². The van der Waals surface area contributed by atoms with E-state index in [0.29, 0.717) is 6.07 Å². The van der Waals surface area contributed by atoms with E-state index in [9.17, 15) is 13.6 Å². The van der Waals surface area contributed by atoms with E-state index < -0.39 is 17.6 Å². The Hall–Kier alpha value is -2.24. The summed E-state index contributed by atoms with van der Waals surface area (Å²) in [6.07, 6.45) is 1.23. The van der Waals surface area contributed by atoms with Gasteiger partial charge in [0, 0.05) is 6.07 Å². The van der Waals surface area contributed by atoms with Crippen molar-refractivity contribution in [2.75, 3.05) is 0 Å². The number of aromatic nitrogens is 2. The summed E-state index contributed by atoms with van der Waals surface area (Å²) in [5.41, 5.74) is -0.297. The first-order valence-electron chi connectivity index (χ1n) is 4.32. The zero-order valence-corrected chi connectivity index (χ0v) is 7.89. The first-order chi connectivity index (χ1) is 7.59. The Kier molecular flexibility index (Phi) is 2.40. The fourth-order valence-corrected chi connectivity index (χ4v) is 1.31. The molecule has 0 aliphatic carbocycles. The van der Waals surface area contributed by atoms with Gasteiger partial charge in [-0.05, 0) is 18.2 Å². The van der Waals surface area contributed by atoms with Gasteiger partial charge in [0.2, 0.25) is 0 Å². The maximum absolute atomic E-state index is 13.4. The van der Waals surface area contributed by atoms with E-state index in [1.54, 1.807) is 0 Å². The van der Waals surface area contributed by atoms with Crippen LogP contribution in [0.3, 0.4) is 0 Å². The molecular formula is C10H6F2N2O2. The fraction of sp³-hybridized carbons (Fsp3) is 0. The van der Waals surface area contributed by atoms with Crippen molar-refractivity contribution in [2.45, 2.75) is 0 Å². The van der Waals surface area contributed by atoms with Gasteiger partial charge in [-0.1, -0.05) is 0 Å². The molecular weight excluding hydrogens is 218 g/mol. The minimum absolute atomic E-state index is 0.108. The van der Waals surface area contributed by atoms with E-state index in [1.165, 1.54) is 12.3 Å². The topological polar surface area (TPSA) is 55.1 Å². The van der Waals surface area contributed by atoms with Crippen LogP contribution in [0.1, 0.15) is 10.5 Å². The third kappa shape index (κ3) is 1.65. The van der Waals surface area contributed by atoms with Crippen LogP contribution in [-0.2, 0) is 0 Å². The normalized spacial score (nSPS) is 10.4. The first-order valence-corrected chi connectivity index (χ1v) is 4.32. The Morgan fingerprint density at radius 1 is 1.31 bits per heavy atom. The SMILES string of the molecule is O=C(O)c1ccnn1-c1ccc(F)cc1F. The monoisotopic (exact) mass is 224 g/mol. The highest BCUT2D eigenvalue weighted by Gasteiger charge is 2.14. The maximum atomic E-state index is 13.4. The molecule has 82 valence electrons. The van der Waals surface area contributed by atoms with Crippen LogP contribution in [-0.4, -0.2) is 20.9 Å². The van der Waals surface area contributed by atoms with Crippen LogP contribution in [0.25, 0.3) is 5.69 Å². The van der Waals surface area contributed by atoms with Gasteiger partial charge in [0.1, 0.15) is 11.5 Å². The predicted octanol–water partition coefficient (Wildman–Crippen LogP) is 1.85. The molecule has 1 aromatic heterocycles. The lowest BCUT2D eigenvalue weighted by Gasteiger charge is -2.05. The molecule has 0 amide bonds. The number of hydrogen-bond acceptors (Lipinski definition) is 2. The summed E-state index contributed by atoms with van der Waals surface area (Å²) >= 11 is 0. The predicted molar refractivity (Wildman–Crippen MR) is 50.4 cm³/mol. The smallest absolute Gasteiger partial charge is 0.354 e. The molecule has 0 spiro atoms. The molecule has 1 aromatic carbocycles. The van der Waals surface area contributed by atoms with Crippen LogP contribution in [0.4, 0.5) is 8.78 Å². The Labute approximate surface area is 88.7 Å². The van der Waals surface area contributed by atoms with Crippen LogP contribution < -0.4 is 0 Å². The van der Waals surface area contributed by atoms with E-state index in [2.05, 4.69) is 5.10 Å². The molecule has 0 radical (unpaired) electrons. The molecule has 6 heteroatoms. The fourth-order valence-electron chi connectivity index (χ4n) is 1.31. The number of aromatic carboxylic acids is 1. The van der Waals surface area contributed by atoms with Crippen molar-refractivity contribution >= 4 is 5.97 Å². The lowest BCUT2D eigenvalue weighted by Crippen LogP contribution is -2.09. The zero-order chi connectivity index (χ0) is 11.7. The second-order valence-corrected chi connectivity index (χ2v) is 3.03. The van der Waals surface area contributed by atoms with Crippen LogP contribution in [0.15, 0.2) is 30.5 Å². The van der Waals surface area contributed by atoms with E-state index in [4.69, 9.17) is 5.11 Å². The highest BCUT2D eigenvalue weighted by Crippen LogP contribution is 2.15. The van der Waals surface area contributed by atoms with Crippen molar-refractivity contribution in [3.05, 3.63) is 47.8 Å².